The van der Waals surface area contributed by atoms with Gasteiger partial charge in [0.1, 0.15) is 5.52 Å². The number of nitrogens with zero attached hydrogens (tertiary/aromatic N) is 3. The van der Waals surface area contributed by atoms with Gasteiger partial charge < -0.3 is 16.0 Å². The summed E-state index contributed by atoms with van der Waals surface area (Å²) in [6.45, 7) is 3.08. The van der Waals surface area contributed by atoms with Gasteiger partial charge in [-0.2, -0.15) is 5.10 Å². The summed E-state index contributed by atoms with van der Waals surface area (Å²) < 4.78 is 1.81. The number of benzene rings is 3. The predicted molar refractivity (Wildman–Crippen MR) is 136 cm³/mol. The van der Waals surface area contributed by atoms with Gasteiger partial charge in [-0.25, -0.2) is 4.68 Å². The highest BCUT2D eigenvalue weighted by Crippen LogP contribution is 2.22. The van der Waals surface area contributed by atoms with Crippen LogP contribution in [-0.2, 0) is 13.0 Å². The fourth-order valence-corrected chi connectivity index (χ4v) is 5.00. The van der Waals surface area contributed by atoms with Crippen molar-refractivity contribution >= 4 is 16.8 Å². The largest absolute Gasteiger partial charge is 0.366 e. The lowest BCUT2D eigenvalue weighted by Gasteiger charge is -2.37. The standard InChI is InChI=1S/C28H31N5O/c1-32-15-14-26(23(18-32)16-20-6-3-2-4-7-20)30-17-21-10-12-24(13-11-21)33-19-22-8-5-9-25(28(29)34)27(22)31-33/h2-13,19,23,26,30H,14-18H2,1H3,(H2,29,34)/t23-,26+/m0/s1. The van der Waals surface area contributed by atoms with E-state index in [-0.39, 0.29) is 0 Å². The topological polar surface area (TPSA) is 76.2 Å². The zero-order valence-corrected chi connectivity index (χ0v) is 19.5. The number of hydrogen-bond donors (Lipinski definition) is 2. The lowest BCUT2D eigenvalue weighted by Crippen LogP contribution is -2.48. The van der Waals surface area contributed by atoms with E-state index in [2.05, 4.69) is 77.0 Å². The van der Waals surface area contributed by atoms with E-state index >= 15 is 0 Å². The van der Waals surface area contributed by atoms with Crippen molar-refractivity contribution in [3.8, 4) is 5.69 Å². The number of amides is 1. The molecular weight excluding hydrogens is 422 g/mol. The summed E-state index contributed by atoms with van der Waals surface area (Å²) in [5.74, 6) is 0.133. The maximum absolute atomic E-state index is 11.7. The predicted octanol–water partition coefficient (Wildman–Crippen LogP) is 3.78. The van der Waals surface area contributed by atoms with Gasteiger partial charge in [-0.15, -0.1) is 0 Å². The van der Waals surface area contributed by atoms with E-state index in [9.17, 15) is 4.79 Å². The van der Waals surface area contributed by atoms with Crippen LogP contribution in [0.1, 0.15) is 27.9 Å². The molecule has 1 aliphatic heterocycles. The van der Waals surface area contributed by atoms with E-state index in [4.69, 9.17) is 5.73 Å². The second-order valence-corrected chi connectivity index (χ2v) is 9.34. The number of likely N-dealkylation sites (tertiary alicyclic amines) is 1. The molecule has 2 atom stereocenters. The first-order chi connectivity index (χ1) is 16.6. The van der Waals surface area contributed by atoms with Crippen LogP contribution in [0.15, 0.2) is 79.0 Å². The molecule has 1 saturated heterocycles. The average molecular weight is 454 g/mol. The van der Waals surface area contributed by atoms with Crippen molar-refractivity contribution in [3.63, 3.8) is 0 Å². The molecule has 0 saturated carbocycles. The Balaban J connectivity index is 1.26. The summed E-state index contributed by atoms with van der Waals surface area (Å²) in [7, 11) is 2.22. The van der Waals surface area contributed by atoms with Crippen LogP contribution in [0.5, 0.6) is 0 Å². The van der Waals surface area contributed by atoms with Gasteiger partial charge in [0.15, 0.2) is 0 Å². The molecule has 174 valence electrons. The number of rotatable bonds is 7. The minimum Gasteiger partial charge on any atom is -0.366 e. The van der Waals surface area contributed by atoms with Gasteiger partial charge >= 0.3 is 0 Å². The van der Waals surface area contributed by atoms with Crippen LogP contribution in [0.2, 0.25) is 0 Å². The number of nitrogens with one attached hydrogen (secondary N) is 1. The first-order valence-electron chi connectivity index (χ1n) is 11.9. The Kier molecular flexibility index (Phi) is 6.43. The van der Waals surface area contributed by atoms with Crippen LogP contribution in [0.4, 0.5) is 0 Å². The van der Waals surface area contributed by atoms with Crippen molar-refractivity contribution in [3.05, 3.63) is 95.7 Å². The molecule has 0 unspecified atom stereocenters. The van der Waals surface area contributed by atoms with Crippen molar-refractivity contribution < 1.29 is 4.79 Å². The van der Waals surface area contributed by atoms with Gasteiger partial charge in [-0.3, -0.25) is 4.79 Å². The normalized spacial score (nSPS) is 18.9. The Hall–Kier alpha value is -3.48. The summed E-state index contributed by atoms with van der Waals surface area (Å²) in [6.07, 6.45) is 4.19. The molecule has 1 aliphatic rings. The Labute approximate surface area is 200 Å². The highest BCUT2D eigenvalue weighted by molar-refractivity contribution is 6.04. The number of hydrogen-bond acceptors (Lipinski definition) is 4. The molecule has 1 aromatic heterocycles. The zero-order valence-electron chi connectivity index (χ0n) is 19.5. The minimum absolute atomic E-state index is 0.445. The van der Waals surface area contributed by atoms with E-state index in [1.165, 1.54) is 11.1 Å². The molecule has 1 amide bonds. The van der Waals surface area contributed by atoms with Gasteiger partial charge in [0.25, 0.3) is 5.91 Å². The van der Waals surface area contributed by atoms with Crippen LogP contribution in [-0.4, -0.2) is 46.8 Å². The molecule has 0 radical (unpaired) electrons. The molecule has 6 nitrogen and oxygen atoms in total. The third kappa shape index (κ3) is 4.88. The Bertz CT molecular complexity index is 1270. The van der Waals surface area contributed by atoms with Crippen molar-refractivity contribution in [2.24, 2.45) is 11.7 Å². The second kappa shape index (κ2) is 9.79. The van der Waals surface area contributed by atoms with Crippen molar-refractivity contribution in [1.29, 1.82) is 0 Å². The molecule has 2 heterocycles. The fourth-order valence-electron chi connectivity index (χ4n) is 5.00. The summed E-state index contributed by atoms with van der Waals surface area (Å²) in [4.78, 5) is 14.2. The summed E-state index contributed by atoms with van der Waals surface area (Å²) in [5, 5.41) is 9.33. The lowest BCUT2D eigenvalue weighted by atomic mass is 9.86. The molecule has 3 N–H and O–H groups in total. The summed E-state index contributed by atoms with van der Waals surface area (Å²) in [6, 6.07) is 25.2. The van der Waals surface area contributed by atoms with Crippen LogP contribution in [0, 0.1) is 5.92 Å². The SMILES string of the molecule is CN1CC[C@@H](NCc2ccc(-n3cc4cccc(C(N)=O)c4n3)cc2)[C@@H](Cc2ccccc2)C1. The average Bonchev–Trinajstić information content (AvgIpc) is 3.29. The quantitative estimate of drug-likeness (QED) is 0.447. The minimum atomic E-state index is -0.461. The smallest absolute Gasteiger partial charge is 0.250 e. The van der Waals surface area contributed by atoms with E-state index in [1.807, 2.05) is 18.3 Å². The van der Waals surface area contributed by atoms with Crippen LogP contribution >= 0.6 is 0 Å². The Morgan fingerprint density at radius 3 is 2.59 bits per heavy atom. The first kappa shape index (κ1) is 22.3. The molecule has 6 heteroatoms. The highest BCUT2D eigenvalue weighted by atomic mass is 16.1. The van der Waals surface area contributed by atoms with Gasteiger partial charge in [0.05, 0.1) is 11.3 Å². The molecule has 0 spiro atoms. The Morgan fingerprint density at radius 1 is 1.03 bits per heavy atom. The first-order valence-corrected chi connectivity index (χ1v) is 11.9. The van der Waals surface area contributed by atoms with E-state index in [0.29, 0.717) is 23.0 Å². The molecule has 34 heavy (non-hydrogen) atoms. The molecule has 0 bridgehead atoms. The summed E-state index contributed by atoms with van der Waals surface area (Å²) >= 11 is 0. The van der Waals surface area contributed by atoms with Crippen molar-refractivity contribution in [2.45, 2.75) is 25.4 Å². The van der Waals surface area contributed by atoms with Crippen molar-refractivity contribution in [1.82, 2.24) is 20.0 Å². The zero-order chi connectivity index (χ0) is 23.5. The van der Waals surface area contributed by atoms with E-state index in [1.54, 1.807) is 10.7 Å². The second-order valence-electron chi connectivity index (χ2n) is 9.34. The molecule has 1 fully saturated rings. The van der Waals surface area contributed by atoms with E-state index < -0.39 is 5.91 Å². The van der Waals surface area contributed by atoms with Gasteiger partial charge in [-0.1, -0.05) is 54.6 Å². The lowest BCUT2D eigenvalue weighted by molar-refractivity contribution is 0.100. The third-order valence-electron chi connectivity index (χ3n) is 6.85. The number of carbonyl (C=O) groups is 1. The maximum atomic E-state index is 11.7. The molecular formula is C28H31N5O. The number of carbonyl (C=O) groups excluding carboxylic acids is 1. The molecule has 4 aromatic rings. The third-order valence-corrected chi connectivity index (χ3v) is 6.85. The van der Waals surface area contributed by atoms with Gasteiger partial charge in [0, 0.05) is 30.7 Å². The Morgan fingerprint density at radius 2 is 1.82 bits per heavy atom. The molecule has 3 aromatic carbocycles. The number of piperidine rings is 1. The number of fused-ring (bicyclic) bond motifs is 1. The van der Waals surface area contributed by atoms with Gasteiger partial charge in [0.2, 0.25) is 0 Å². The fraction of sp³-hybridized carbons (Fsp3) is 0.286. The maximum Gasteiger partial charge on any atom is 0.250 e. The van der Waals surface area contributed by atoms with Crippen LogP contribution < -0.4 is 11.1 Å². The highest BCUT2D eigenvalue weighted by Gasteiger charge is 2.27. The monoisotopic (exact) mass is 453 g/mol. The number of aromatic nitrogens is 2. The van der Waals surface area contributed by atoms with Crippen LogP contribution in [0.25, 0.3) is 16.6 Å². The van der Waals surface area contributed by atoms with Crippen molar-refractivity contribution in [2.75, 3.05) is 20.1 Å². The van der Waals surface area contributed by atoms with Crippen LogP contribution in [0.3, 0.4) is 0 Å². The molecule has 0 aliphatic carbocycles. The van der Waals surface area contributed by atoms with Gasteiger partial charge in [-0.05, 0) is 61.7 Å². The van der Waals surface area contributed by atoms with E-state index in [0.717, 1.165) is 43.5 Å². The molecule has 5 rings (SSSR count). The number of nitrogens with two attached hydrogens (primary N) is 1. The number of primary amides is 1. The summed E-state index contributed by atoms with van der Waals surface area (Å²) in [5.41, 5.74) is 10.2.